The Labute approximate surface area is 115 Å². The highest BCUT2D eigenvalue weighted by molar-refractivity contribution is 5.20. The van der Waals surface area contributed by atoms with Gasteiger partial charge in [-0.25, -0.2) is 0 Å². The Hall–Kier alpha value is -0.910. The van der Waals surface area contributed by atoms with Crippen LogP contribution in [0.3, 0.4) is 0 Å². The van der Waals surface area contributed by atoms with E-state index in [1.54, 1.807) is 7.11 Å². The number of methoxy groups -OCH3 is 1. The molecule has 2 heterocycles. The van der Waals surface area contributed by atoms with Crippen molar-refractivity contribution in [1.29, 1.82) is 0 Å². The number of nitrogens with zero attached hydrogens (tertiary/aromatic N) is 3. The highest BCUT2D eigenvalue weighted by Crippen LogP contribution is 2.30. The number of ether oxygens (including phenoxy) is 1. The first kappa shape index (κ1) is 14.5. The van der Waals surface area contributed by atoms with E-state index < -0.39 is 0 Å². The second kappa shape index (κ2) is 6.03. The summed E-state index contributed by atoms with van der Waals surface area (Å²) in [6, 6.07) is 0.758. The summed E-state index contributed by atoms with van der Waals surface area (Å²) in [5, 5.41) is 4.44. The van der Waals surface area contributed by atoms with Gasteiger partial charge in [0.25, 0.3) is 0 Å². The van der Waals surface area contributed by atoms with Gasteiger partial charge < -0.3 is 10.5 Å². The summed E-state index contributed by atoms with van der Waals surface area (Å²) in [4.78, 5) is 2.50. The third-order valence-electron chi connectivity index (χ3n) is 4.32. The summed E-state index contributed by atoms with van der Waals surface area (Å²) in [5.74, 6) is 0. The molecule has 19 heavy (non-hydrogen) atoms. The van der Waals surface area contributed by atoms with Crippen LogP contribution in [0.4, 0.5) is 0 Å². The summed E-state index contributed by atoms with van der Waals surface area (Å²) in [6.45, 7) is 6.05. The average Bonchev–Trinajstić information content (AvgIpc) is 2.76. The van der Waals surface area contributed by atoms with Gasteiger partial charge in [0, 0.05) is 51.1 Å². The zero-order valence-corrected chi connectivity index (χ0v) is 12.5. The van der Waals surface area contributed by atoms with E-state index in [0.717, 1.165) is 25.1 Å². The molecule has 3 atom stereocenters. The molecule has 0 bridgehead atoms. The third kappa shape index (κ3) is 2.99. The topological polar surface area (TPSA) is 56.3 Å². The first-order valence-corrected chi connectivity index (χ1v) is 7.05. The molecule has 1 aromatic rings. The number of hydrogen-bond donors (Lipinski definition) is 1. The molecule has 0 aromatic carbocycles. The number of nitrogens with two attached hydrogens (primary N) is 1. The van der Waals surface area contributed by atoms with Crippen LogP contribution in [0.25, 0.3) is 0 Å². The first-order valence-electron chi connectivity index (χ1n) is 7.05. The molecule has 3 unspecified atom stereocenters. The maximum atomic E-state index is 5.95. The molecular weight excluding hydrogens is 240 g/mol. The Kier molecular flexibility index (Phi) is 4.60. The van der Waals surface area contributed by atoms with Crippen LogP contribution in [0.1, 0.15) is 37.1 Å². The molecule has 2 N–H and O–H groups in total. The van der Waals surface area contributed by atoms with Crippen LogP contribution >= 0.6 is 0 Å². The maximum absolute atomic E-state index is 5.95. The van der Waals surface area contributed by atoms with E-state index in [0.29, 0.717) is 24.7 Å². The molecular formula is C14H26N4O. The second-order valence-corrected chi connectivity index (χ2v) is 5.53. The van der Waals surface area contributed by atoms with Gasteiger partial charge in [0.05, 0.1) is 11.8 Å². The predicted molar refractivity (Wildman–Crippen MR) is 75.9 cm³/mol. The van der Waals surface area contributed by atoms with Crippen molar-refractivity contribution in [2.75, 3.05) is 20.2 Å². The molecule has 108 valence electrons. The zero-order valence-electron chi connectivity index (χ0n) is 12.5. The van der Waals surface area contributed by atoms with Gasteiger partial charge in [-0.3, -0.25) is 9.58 Å². The number of likely N-dealkylation sites (tertiary alicyclic amines) is 1. The number of hydrogen-bond acceptors (Lipinski definition) is 4. The Morgan fingerprint density at radius 2 is 2.32 bits per heavy atom. The van der Waals surface area contributed by atoms with E-state index in [4.69, 9.17) is 10.5 Å². The van der Waals surface area contributed by atoms with Gasteiger partial charge in [-0.2, -0.15) is 5.10 Å². The van der Waals surface area contributed by atoms with Gasteiger partial charge in [0.15, 0.2) is 0 Å². The summed E-state index contributed by atoms with van der Waals surface area (Å²) in [6.07, 6.45) is 4.58. The SMILES string of the molecule is COC1CCN(C(C)c2cn(C)nc2C)C(CN)C1. The number of rotatable bonds is 4. The normalized spacial score (nSPS) is 26.6. The maximum Gasteiger partial charge on any atom is 0.0641 e. The molecule has 0 saturated carbocycles. The van der Waals surface area contributed by atoms with Crippen molar-refractivity contribution in [3.63, 3.8) is 0 Å². The summed E-state index contributed by atoms with van der Waals surface area (Å²) in [5.41, 5.74) is 8.37. The third-order valence-corrected chi connectivity index (χ3v) is 4.32. The Morgan fingerprint density at radius 1 is 1.58 bits per heavy atom. The number of aromatic nitrogens is 2. The van der Waals surface area contributed by atoms with Crippen molar-refractivity contribution in [1.82, 2.24) is 14.7 Å². The predicted octanol–water partition coefficient (Wildman–Crippen LogP) is 1.23. The molecule has 5 nitrogen and oxygen atoms in total. The first-order chi connectivity index (χ1) is 9.06. The molecule has 1 fully saturated rings. The van der Waals surface area contributed by atoms with Crippen LogP contribution in [-0.2, 0) is 11.8 Å². The van der Waals surface area contributed by atoms with Crippen molar-refractivity contribution in [3.8, 4) is 0 Å². The molecule has 2 rings (SSSR count). The van der Waals surface area contributed by atoms with Gasteiger partial charge in [0.2, 0.25) is 0 Å². The molecule has 1 aliphatic rings. The lowest BCUT2D eigenvalue weighted by Gasteiger charge is -2.42. The van der Waals surface area contributed by atoms with Crippen LogP contribution in [0.15, 0.2) is 6.20 Å². The molecule has 0 aliphatic carbocycles. The summed E-state index contributed by atoms with van der Waals surface area (Å²) >= 11 is 0. The van der Waals surface area contributed by atoms with Crippen molar-refractivity contribution >= 4 is 0 Å². The van der Waals surface area contributed by atoms with Gasteiger partial charge >= 0.3 is 0 Å². The molecule has 0 spiro atoms. The molecule has 0 amide bonds. The average molecular weight is 266 g/mol. The Balaban J connectivity index is 2.14. The van der Waals surface area contributed by atoms with E-state index in [1.807, 2.05) is 11.7 Å². The number of aryl methyl sites for hydroxylation is 2. The van der Waals surface area contributed by atoms with Crippen LogP contribution in [0.2, 0.25) is 0 Å². The lowest BCUT2D eigenvalue weighted by molar-refractivity contribution is -0.00173. The van der Waals surface area contributed by atoms with Crippen LogP contribution in [0.5, 0.6) is 0 Å². The Bertz CT molecular complexity index is 418. The minimum Gasteiger partial charge on any atom is -0.381 e. The van der Waals surface area contributed by atoms with Crippen LogP contribution < -0.4 is 5.73 Å². The smallest absolute Gasteiger partial charge is 0.0641 e. The minimum atomic E-state index is 0.354. The van der Waals surface area contributed by atoms with Gasteiger partial charge in [-0.1, -0.05) is 0 Å². The van der Waals surface area contributed by atoms with Crippen molar-refractivity contribution < 1.29 is 4.74 Å². The zero-order chi connectivity index (χ0) is 14.0. The van der Waals surface area contributed by atoms with E-state index in [2.05, 4.69) is 30.0 Å². The second-order valence-electron chi connectivity index (χ2n) is 5.53. The molecule has 1 aliphatic heterocycles. The fourth-order valence-electron chi connectivity index (χ4n) is 3.19. The van der Waals surface area contributed by atoms with E-state index in [1.165, 1.54) is 5.56 Å². The van der Waals surface area contributed by atoms with E-state index >= 15 is 0 Å². The fraction of sp³-hybridized carbons (Fsp3) is 0.786. The van der Waals surface area contributed by atoms with Crippen molar-refractivity contribution in [2.45, 2.75) is 44.9 Å². The lowest BCUT2D eigenvalue weighted by atomic mass is 9.95. The molecule has 1 saturated heterocycles. The summed E-state index contributed by atoms with van der Waals surface area (Å²) < 4.78 is 7.38. The standard InChI is InChI=1S/C14H26N4O/c1-10-14(9-17(3)16-10)11(2)18-6-5-13(19-4)7-12(18)8-15/h9,11-13H,5-8,15H2,1-4H3. The number of piperidine rings is 1. The van der Waals surface area contributed by atoms with Gasteiger partial charge in [-0.15, -0.1) is 0 Å². The molecule has 1 aromatic heterocycles. The monoisotopic (exact) mass is 266 g/mol. The largest absolute Gasteiger partial charge is 0.381 e. The van der Waals surface area contributed by atoms with Gasteiger partial charge in [0.1, 0.15) is 0 Å². The quantitative estimate of drug-likeness (QED) is 0.890. The molecule has 5 heteroatoms. The van der Waals surface area contributed by atoms with E-state index in [9.17, 15) is 0 Å². The molecule has 0 radical (unpaired) electrons. The van der Waals surface area contributed by atoms with Gasteiger partial charge in [-0.05, 0) is 26.7 Å². The minimum absolute atomic E-state index is 0.354. The Morgan fingerprint density at radius 3 is 2.84 bits per heavy atom. The highest BCUT2D eigenvalue weighted by Gasteiger charge is 2.32. The van der Waals surface area contributed by atoms with Crippen LogP contribution in [-0.4, -0.2) is 47.0 Å². The lowest BCUT2D eigenvalue weighted by Crippen LogP contribution is -2.49. The summed E-state index contributed by atoms with van der Waals surface area (Å²) in [7, 11) is 3.77. The van der Waals surface area contributed by atoms with Crippen molar-refractivity contribution in [2.24, 2.45) is 12.8 Å². The fourth-order valence-corrected chi connectivity index (χ4v) is 3.19. The van der Waals surface area contributed by atoms with Crippen LogP contribution in [0, 0.1) is 6.92 Å². The highest BCUT2D eigenvalue weighted by atomic mass is 16.5. The van der Waals surface area contributed by atoms with Crippen molar-refractivity contribution in [3.05, 3.63) is 17.5 Å². The van der Waals surface area contributed by atoms with E-state index in [-0.39, 0.29) is 0 Å².